The standard InChI is InChI=1S/C39H42N8O6.C2H6/c48-35(13-14-37(50)51)43-23-36(49)42-16-3-1-2-4-19-47-38(52)32(28-8-7-26-6-5-17-41-33(26)20-28)21-34(45-47)27-9-11-31(12-10-27)44-39(53)46-24-29-15-18-40-22-30(29)25-46;1-2/h5-12,15,17-18,20,22,32H,1-4,13-14,16,19,21,23-25H2,(H,42,49)(H,43,48)(H,44,53)(H,50,51);1-2H3. The highest BCUT2D eigenvalue weighted by atomic mass is 16.4. The van der Waals surface area contributed by atoms with Crippen molar-refractivity contribution in [1.82, 2.24) is 30.5 Å². The number of hydrogen-bond acceptors (Lipinski definition) is 8. The van der Waals surface area contributed by atoms with E-state index in [1.165, 1.54) is 0 Å². The lowest BCUT2D eigenvalue weighted by Gasteiger charge is -2.30. The summed E-state index contributed by atoms with van der Waals surface area (Å²) >= 11 is 0. The SMILES string of the molecule is CC.O=C(O)CCC(=O)NCC(=O)NCCCCCCN1N=C(c2ccc(NC(=O)N3Cc4ccncc4C3)cc2)CC(c2ccc3cccnc3c2)C1=O. The summed E-state index contributed by atoms with van der Waals surface area (Å²) in [6, 6.07) is 19.1. The summed E-state index contributed by atoms with van der Waals surface area (Å²) < 4.78 is 0. The van der Waals surface area contributed by atoms with Crippen LogP contribution in [0.4, 0.5) is 10.5 Å². The normalized spacial score (nSPS) is 14.7. The van der Waals surface area contributed by atoms with Crippen LogP contribution in [0.25, 0.3) is 10.9 Å². The fourth-order valence-corrected chi connectivity index (χ4v) is 6.42. The van der Waals surface area contributed by atoms with Gasteiger partial charge in [-0.1, -0.05) is 57.0 Å². The zero-order valence-electron chi connectivity index (χ0n) is 31.3. The molecule has 55 heavy (non-hydrogen) atoms. The van der Waals surface area contributed by atoms with E-state index in [1.807, 2.05) is 74.5 Å². The quantitative estimate of drug-likeness (QED) is 0.114. The van der Waals surface area contributed by atoms with Crippen LogP contribution in [0.5, 0.6) is 0 Å². The zero-order chi connectivity index (χ0) is 39.2. The summed E-state index contributed by atoms with van der Waals surface area (Å²) in [4.78, 5) is 71.5. The number of nitrogens with zero attached hydrogens (tertiary/aromatic N) is 5. The minimum Gasteiger partial charge on any atom is -0.481 e. The number of benzene rings is 2. The van der Waals surface area contributed by atoms with Crippen molar-refractivity contribution in [2.24, 2.45) is 5.10 Å². The summed E-state index contributed by atoms with van der Waals surface area (Å²) in [5, 5.41) is 24.2. The second kappa shape index (κ2) is 19.8. The molecular formula is C41H48N8O6. The number of carbonyl (C=O) groups is 5. The molecule has 5 amide bonds. The molecule has 1 atom stereocenters. The Kier molecular flexibility index (Phi) is 14.4. The molecule has 2 aromatic heterocycles. The van der Waals surface area contributed by atoms with Gasteiger partial charge in [0, 0.05) is 68.7 Å². The van der Waals surface area contributed by atoms with Crippen molar-refractivity contribution in [2.75, 3.05) is 25.0 Å². The maximum Gasteiger partial charge on any atom is 0.322 e. The van der Waals surface area contributed by atoms with E-state index >= 15 is 0 Å². The number of urea groups is 1. The monoisotopic (exact) mass is 748 g/mol. The molecule has 0 bridgehead atoms. The Hall–Kier alpha value is -6.18. The second-order valence-electron chi connectivity index (χ2n) is 13.2. The molecule has 2 aromatic carbocycles. The molecule has 0 radical (unpaired) electrons. The molecule has 2 aliphatic heterocycles. The van der Waals surface area contributed by atoms with Crippen LogP contribution in [-0.2, 0) is 32.3 Å². The van der Waals surface area contributed by atoms with Crippen molar-refractivity contribution in [3.8, 4) is 0 Å². The molecule has 0 saturated carbocycles. The fourth-order valence-electron chi connectivity index (χ4n) is 6.42. The first-order valence-electron chi connectivity index (χ1n) is 18.8. The molecule has 6 rings (SSSR count). The number of pyridine rings is 2. The smallest absolute Gasteiger partial charge is 0.322 e. The Morgan fingerprint density at radius 2 is 1.64 bits per heavy atom. The van der Waals surface area contributed by atoms with Crippen LogP contribution in [0, 0.1) is 0 Å². The third kappa shape index (κ3) is 11.2. The Morgan fingerprint density at radius 3 is 2.42 bits per heavy atom. The number of rotatable bonds is 15. The van der Waals surface area contributed by atoms with E-state index in [4.69, 9.17) is 10.2 Å². The number of hydrazone groups is 1. The number of anilines is 1. The van der Waals surface area contributed by atoms with Crippen LogP contribution in [0.2, 0.25) is 0 Å². The minimum atomic E-state index is -1.07. The Morgan fingerprint density at radius 1 is 0.855 bits per heavy atom. The van der Waals surface area contributed by atoms with Gasteiger partial charge in [0.1, 0.15) is 0 Å². The van der Waals surface area contributed by atoms with Crippen LogP contribution in [0.3, 0.4) is 0 Å². The number of carbonyl (C=O) groups excluding carboxylic acids is 4. The van der Waals surface area contributed by atoms with Gasteiger partial charge in [-0.05, 0) is 65.4 Å². The van der Waals surface area contributed by atoms with E-state index in [0.717, 1.165) is 58.1 Å². The van der Waals surface area contributed by atoms with Crippen LogP contribution in [0.15, 0.2) is 84.4 Å². The lowest BCUT2D eigenvalue weighted by Crippen LogP contribution is -2.38. The van der Waals surface area contributed by atoms with Gasteiger partial charge in [-0.2, -0.15) is 5.10 Å². The van der Waals surface area contributed by atoms with Crippen LogP contribution in [0.1, 0.15) is 87.0 Å². The molecule has 0 aliphatic carbocycles. The lowest BCUT2D eigenvalue weighted by atomic mass is 9.88. The van der Waals surface area contributed by atoms with Gasteiger partial charge in [0.2, 0.25) is 11.8 Å². The van der Waals surface area contributed by atoms with E-state index in [9.17, 15) is 24.0 Å². The number of fused-ring (bicyclic) bond motifs is 2. The van der Waals surface area contributed by atoms with E-state index in [1.54, 1.807) is 28.5 Å². The summed E-state index contributed by atoms with van der Waals surface area (Å²) in [5.74, 6) is -2.41. The summed E-state index contributed by atoms with van der Waals surface area (Å²) in [7, 11) is 0. The lowest BCUT2D eigenvalue weighted by molar-refractivity contribution is -0.138. The number of aliphatic carboxylic acids is 1. The van der Waals surface area contributed by atoms with Gasteiger partial charge in [-0.3, -0.25) is 29.1 Å². The molecule has 0 spiro atoms. The molecular weight excluding hydrogens is 701 g/mol. The highest BCUT2D eigenvalue weighted by molar-refractivity contribution is 6.06. The van der Waals surface area contributed by atoms with Gasteiger partial charge in [0.15, 0.2) is 0 Å². The number of carboxylic acid groups (broad SMARTS) is 1. The van der Waals surface area contributed by atoms with Crippen LogP contribution < -0.4 is 16.0 Å². The third-order valence-electron chi connectivity index (χ3n) is 9.34. The van der Waals surface area contributed by atoms with Gasteiger partial charge < -0.3 is 26.0 Å². The molecule has 4 aromatic rings. The largest absolute Gasteiger partial charge is 0.481 e. The molecule has 1 unspecified atom stereocenters. The predicted molar refractivity (Wildman–Crippen MR) is 209 cm³/mol. The third-order valence-corrected chi connectivity index (χ3v) is 9.34. The van der Waals surface area contributed by atoms with Gasteiger partial charge in [0.05, 0.1) is 30.1 Å². The molecule has 288 valence electrons. The maximum absolute atomic E-state index is 13.9. The maximum atomic E-state index is 13.9. The number of carboxylic acids is 1. The molecule has 0 saturated heterocycles. The summed E-state index contributed by atoms with van der Waals surface area (Å²) in [6.45, 7) is 5.71. The number of amides is 5. The van der Waals surface area contributed by atoms with Gasteiger partial charge in [-0.25, -0.2) is 9.80 Å². The van der Waals surface area contributed by atoms with E-state index in [0.29, 0.717) is 44.7 Å². The van der Waals surface area contributed by atoms with Crippen LogP contribution >= 0.6 is 0 Å². The minimum absolute atomic E-state index is 0.0765. The van der Waals surface area contributed by atoms with E-state index < -0.39 is 17.8 Å². The number of nitrogens with one attached hydrogen (secondary N) is 3. The first kappa shape index (κ1) is 40.0. The molecule has 14 nitrogen and oxygen atoms in total. The van der Waals surface area contributed by atoms with E-state index in [2.05, 4.69) is 25.9 Å². The van der Waals surface area contributed by atoms with E-state index in [-0.39, 0.29) is 37.2 Å². The van der Waals surface area contributed by atoms with Crippen molar-refractivity contribution in [2.45, 2.75) is 77.8 Å². The first-order chi connectivity index (χ1) is 26.7. The molecule has 14 heteroatoms. The van der Waals surface area contributed by atoms with Crippen molar-refractivity contribution >= 4 is 52.0 Å². The Balaban J connectivity index is 0.00000285. The summed E-state index contributed by atoms with van der Waals surface area (Å²) in [6.07, 6.45) is 8.29. The Bertz CT molecular complexity index is 1990. The number of hydrogen-bond donors (Lipinski definition) is 4. The molecule has 4 heterocycles. The predicted octanol–water partition coefficient (Wildman–Crippen LogP) is 5.58. The summed E-state index contributed by atoms with van der Waals surface area (Å²) in [5.41, 5.74) is 6.12. The highest BCUT2D eigenvalue weighted by Gasteiger charge is 2.33. The van der Waals surface area contributed by atoms with Crippen molar-refractivity contribution < 1.29 is 29.1 Å². The van der Waals surface area contributed by atoms with Crippen LogP contribution in [-0.4, -0.2) is 80.1 Å². The average Bonchev–Trinajstić information content (AvgIpc) is 3.65. The highest BCUT2D eigenvalue weighted by Crippen LogP contribution is 2.31. The first-order valence-corrected chi connectivity index (χ1v) is 18.8. The Labute approximate surface area is 320 Å². The fraction of sp³-hybridized carbons (Fsp3) is 0.366. The van der Waals surface area contributed by atoms with Crippen molar-refractivity contribution in [3.05, 3.63) is 102 Å². The molecule has 0 fully saturated rings. The second-order valence-corrected chi connectivity index (χ2v) is 13.2. The average molecular weight is 749 g/mol. The molecule has 2 aliphatic rings. The van der Waals surface area contributed by atoms with Crippen molar-refractivity contribution in [3.63, 3.8) is 0 Å². The van der Waals surface area contributed by atoms with Gasteiger partial charge in [0.25, 0.3) is 5.91 Å². The van der Waals surface area contributed by atoms with Crippen molar-refractivity contribution in [1.29, 1.82) is 0 Å². The topological polar surface area (TPSA) is 186 Å². The van der Waals surface area contributed by atoms with Gasteiger partial charge in [-0.15, -0.1) is 0 Å². The molecule has 4 N–H and O–H groups in total. The zero-order valence-corrected chi connectivity index (χ0v) is 31.3. The number of unbranched alkanes of at least 4 members (excludes halogenated alkanes) is 3. The number of aromatic nitrogens is 2. The van der Waals surface area contributed by atoms with Gasteiger partial charge >= 0.3 is 12.0 Å².